The maximum atomic E-state index is 14.6. The van der Waals surface area contributed by atoms with E-state index in [0.29, 0.717) is 33.8 Å². The van der Waals surface area contributed by atoms with E-state index in [2.05, 4.69) is 15.5 Å². The summed E-state index contributed by atoms with van der Waals surface area (Å²) in [6, 6.07) is 13.6. The first-order chi connectivity index (χ1) is 13.5. The number of carbonyl (C=O) groups excluding carboxylic acids is 1. The SMILES string of the molecule is CCCNC(=O)C(C)Sc1nnc(-c2ccccc2Cl)n1-c1ccccc1F. The zero-order valence-electron chi connectivity index (χ0n) is 15.5. The summed E-state index contributed by atoms with van der Waals surface area (Å²) < 4.78 is 16.2. The van der Waals surface area contributed by atoms with Crippen molar-refractivity contribution >= 4 is 29.3 Å². The molecule has 0 bridgehead atoms. The molecule has 0 aliphatic heterocycles. The molecule has 0 aliphatic carbocycles. The molecule has 8 heteroatoms. The lowest BCUT2D eigenvalue weighted by Gasteiger charge is -2.14. The van der Waals surface area contributed by atoms with Gasteiger partial charge in [-0.1, -0.05) is 54.6 Å². The van der Waals surface area contributed by atoms with Gasteiger partial charge in [-0.05, 0) is 37.6 Å². The van der Waals surface area contributed by atoms with Crippen molar-refractivity contribution in [3.63, 3.8) is 0 Å². The lowest BCUT2D eigenvalue weighted by molar-refractivity contribution is -0.120. The zero-order valence-corrected chi connectivity index (χ0v) is 17.1. The van der Waals surface area contributed by atoms with Crippen LogP contribution in [0.15, 0.2) is 53.7 Å². The molecule has 1 aromatic heterocycles. The number of benzene rings is 2. The van der Waals surface area contributed by atoms with Crippen LogP contribution in [0.25, 0.3) is 17.1 Å². The average Bonchev–Trinajstić information content (AvgIpc) is 3.09. The van der Waals surface area contributed by atoms with Gasteiger partial charge in [0.2, 0.25) is 5.91 Å². The molecular weight excluding hydrogens is 399 g/mol. The number of nitrogens with zero attached hydrogens (tertiary/aromatic N) is 3. The fraction of sp³-hybridized carbons (Fsp3) is 0.250. The van der Waals surface area contributed by atoms with Gasteiger partial charge in [0.05, 0.1) is 16.0 Å². The summed E-state index contributed by atoms with van der Waals surface area (Å²) in [5.74, 6) is -0.103. The van der Waals surface area contributed by atoms with E-state index in [1.54, 1.807) is 41.8 Å². The molecule has 0 aliphatic rings. The van der Waals surface area contributed by atoms with Gasteiger partial charge in [0.15, 0.2) is 11.0 Å². The van der Waals surface area contributed by atoms with E-state index in [4.69, 9.17) is 11.6 Å². The predicted octanol–water partition coefficient (Wildman–Crippen LogP) is 4.73. The quantitative estimate of drug-likeness (QED) is 0.563. The third-order valence-corrected chi connectivity index (χ3v) is 5.41. The Kier molecular flexibility index (Phi) is 6.70. The van der Waals surface area contributed by atoms with Crippen molar-refractivity contribution < 1.29 is 9.18 Å². The maximum Gasteiger partial charge on any atom is 0.233 e. The number of nitrogens with one attached hydrogen (secondary N) is 1. The second-order valence-electron chi connectivity index (χ2n) is 6.12. The van der Waals surface area contributed by atoms with E-state index in [0.717, 1.165) is 6.42 Å². The Balaban J connectivity index is 2.05. The maximum absolute atomic E-state index is 14.6. The van der Waals surface area contributed by atoms with Crippen molar-refractivity contribution in [1.29, 1.82) is 0 Å². The molecule has 2 aromatic carbocycles. The number of carbonyl (C=O) groups is 1. The lowest BCUT2D eigenvalue weighted by atomic mass is 10.2. The van der Waals surface area contributed by atoms with E-state index in [9.17, 15) is 9.18 Å². The van der Waals surface area contributed by atoms with Crippen LogP contribution >= 0.6 is 23.4 Å². The van der Waals surface area contributed by atoms with Crippen molar-refractivity contribution in [2.24, 2.45) is 0 Å². The monoisotopic (exact) mass is 418 g/mol. The number of thioether (sulfide) groups is 1. The van der Waals surface area contributed by atoms with Crippen molar-refractivity contribution in [2.45, 2.75) is 30.7 Å². The van der Waals surface area contributed by atoms with Gasteiger partial charge in [0.1, 0.15) is 5.82 Å². The van der Waals surface area contributed by atoms with Crippen molar-refractivity contribution in [3.8, 4) is 17.1 Å². The summed E-state index contributed by atoms with van der Waals surface area (Å²) in [6.45, 7) is 4.38. The lowest BCUT2D eigenvalue weighted by Crippen LogP contribution is -2.31. The Morgan fingerprint density at radius 1 is 1.21 bits per heavy atom. The largest absolute Gasteiger partial charge is 0.355 e. The highest BCUT2D eigenvalue weighted by atomic mass is 35.5. The van der Waals surface area contributed by atoms with E-state index in [-0.39, 0.29) is 5.91 Å². The van der Waals surface area contributed by atoms with E-state index in [1.807, 2.05) is 19.1 Å². The number of para-hydroxylation sites is 1. The van der Waals surface area contributed by atoms with Gasteiger partial charge >= 0.3 is 0 Å². The molecule has 3 rings (SSSR count). The van der Waals surface area contributed by atoms with Crippen LogP contribution in [0.2, 0.25) is 5.02 Å². The van der Waals surface area contributed by atoms with Crippen LogP contribution in [0.4, 0.5) is 4.39 Å². The molecule has 5 nitrogen and oxygen atoms in total. The molecule has 0 fully saturated rings. The molecule has 28 heavy (non-hydrogen) atoms. The number of hydrogen-bond donors (Lipinski definition) is 1. The molecule has 1 N–H and O–H groups in total. The molecule has 1 amide bonds. The van der Waals surface area contributed by atoms with Crippen LogP contribution in [-0.4, -0.2) is 32.5 Å². The van der Waals surface area contributed by atoms with Crippen LogP contribution in [0, 0.1) is 5.82 Å². The molecule has 1 heterocycles. The second-order valence-corrected chi connectivity index (χ2v) is 7.84. The number of hydrogen-bond acceptors (Lipinski definition) is 4. The third kappa shape index (κ3) is 4.36. The molecule has 1 atom stereocenters. The summed E-state index contributed by atoms with van der Waals surface area (Å²) in [5.41, 5.74) is 0.931. The summed E-state index contributed by atoms with van der Waals surface area (Å²) in [5, 5.41) is 11.8. The highest BCUT2D eigenvalue weighted by molar-refractivity contribution is 8.00. The molecule has 146 valence electrons. The van der Waals surface area contributed by atoms with Crippen LogP contribution in [0.3, 0.4) is 0 Å². The Hall–Kier alpha value is -2.38. The fourth-order valence-electron chi connectivity index (χ4n) is 2.62. The first-order valence-electron chi connectivity index (χ1n) is 8.92. The van der Waals surface area contributed by atoms with Gasteiger partial charge in [-0.3, -0.25) is 9.36 Å². The number of rotatable bonds is 7. The predicted molar refractivity (Wildman–Crippen MR) is 110 cm³/mol. The van der Waals surface area contributed by atoms with Gasteiger partial charge in [-0.2, -0.15) is 0 Å². The minimum atomic E-state index is -0.416. The van der Waals surface area contributed by atoms with Crippen LogP contribution in [0.5, 0.6) is 0 Å². The van der Waals surface area contributed by atoms with Gasteiger partial charge in [0.25, 0.3) is 0 Å². The molecule has 0 radical (unpaired) electrons. The highest BCUT2D eigenvalue weighted by Crippen LogP contribution is 2.33. The van der Waals surface area contributed by atoms with E-state index in [1.165, 1.54) is 17.8 Å². The normalized spacial score (nSPS) is 12.0. The van der Waals surface area contributed by atoms with Crippen molar-refractivity contribution in [1.82, 2.24) is 20.1 Å². The first kappa shape index (κ1) is 20.4. The topological polar surface area (TPSA) is 59.8 Å². The van der Waals surface area contributed by atoms with Gasteiger partial charge in [-0.25, -0.2) is 4.39 Å². The number of halogens is 2. The van der Waals surface area contributed by atoms with Crippen LogP contribution < -0.4 is 5.32 Å². The zero-order chi connectivity index (χ0) is 20.1. The standard InChI is InChI=1S/C20H20ClFN4OS/c1-3-12-23-19(27)13(2)28-20-25-24-18(14-8-4-5-9-15(14)21)26(20)17-11-7-6-10-16(17)22/h4-11,13H,3,12H2,1-2H3,(H,23,27). The van der Waals surface area contributed by atoms with Gasteiger partial charge < -0.3 is 5.32 Å². The Labute approximate surface area is 172 Å². The van der Waals surface area contributed by atoms with Crippen molar-refractivity contribution in [3.05, 3.63) is 59.4 Å². The second kappa shape index (κ2) is 9.21. The molecular formula is C20H20ClFN4OS. The summed E-state index contributed by atoms with van der Waals surface area (Å²) in [6.07, 6.45) is 0.852. The summed E-state index contributed by atoms with van der Waals surface area (Å²) in [4.78, 5) is 12.3. The van der Waals surface area contributed by atoms with Crippen LogP contribution in [-0.2, 0) is 4.79 Å². The van der Waals surface area contributed by atoms with Gasteiger partial charge in [0, 0.05) is 12.1 Å². The third-order valence-electron chi connectivity index (χ3n) is 4.04. The minimum absolute atomic E-state index is 0.103. The van der Waals surface area contributed by atoms with E-state index >= 15 is 0 Å². The van der Waals surface area contributed by atoms with E-state index < -0.39 is 11.1 Å². The smallest absolute Gasteiger partial charge is 0.233 e. The van der Waals surface area contributed by atoms with Gasteiger partial charge in [-0.15, -0.1) is 10.2 Å². The average molecular weight is 419 g/mol. The van der Waals surface area contributed by atoms with Crippen molar-refractivity contribution in [2.75, 3.05) is 6.54 Å². The summed E-state index contributed by atoms with van der Waals surface area (Å²) >= 11 is 7.56. The Morgan fingerprint density at radius 2 is 1.93 bits per heavy atom. The molecule has 1 unspecified atom stereocenters. The minimum Gasteiger partial charge on any atom is -0.355 e. The molecule has 0 spiro atoms. The Bertz CT molecular complexity index is 978. The molecule has 0 saturated heterocycles. The number of amides is 1. The fourth-order valence-corrected chi connectivity index (χ4v) is 3.72. The Morgan fingerprint density at radius 3 is 2.64 bits per heavy atom. The highest BCUT2D eigenvalue weighted by Gasteiger charge is 2.23. The number of aromatic nitrogens is 3. The molecule has 0 saturated carbocycles. The molecule has 3 aromatic rings. The summed E-state index contributed by atoms with van der Waals surface area (Å²) in [7, 11) is 0. The van der Waals surface area contributed by atoms with Crippen LogP contribution in [0.1, 0.15) is 20.3 Å². The first-order valence-corrected chi connectivity index (χ1v) is 10.2.